The van der Waals surface area contributed by atoms with Crippen molar-refractivity contribution in [2.75, 3.05) is 13.2 Å². The molecule has 2 fully saturated rings. The molecule has 1 N–H and O–H groups in total. The first-order valence-corrected chi connectivity index (χ1v) is 26.3. The van der Waals surface area contributed by atoms with Gasteiger partial charge in [-0.05, 0) is 137 Å². The minimum atomic E-state index is -0.621. The summed E-state index contributed by atoms with van der Waals surface area (Å²) in [5, 5.41) is 11.7. The van der Waals surface area contributed by atoms with Crippen LogP contribution in [0.2, 0.25) is 0 Å². The monoisotopic (exact) mass is 863 g/mol. The summed E-state index contributed by atoms with van der Waals surface area (Å²) < 4.78 is 11.2. The Hall–Kier alpha value is -2.40. The van der Waals surface area contributed by atoms with Crippen LogP contribution in [0.3, 0.4) is 0 Å². The number of aliphatic hydroxyl groups is 1. The lowest BCUT2D eigenvalue weighted by Gasteiger charge is -2.63. The summed E-state index contributed by atoms with van der Waals surface area (Å²) in [6.45, 7) is 15.1. The largest absolute Gasteiger partial charge is 0.467 e. The second kappa shape index (κ2) is 34.0. The fourth-order valence-electron chi connectivity index (χ4n) is 11.2. The molecule has 62 heavy (non-hydrogen) atoms. The van der Waals surface area contributed by atoms with Crippen molar-refractivity contribution in [1.82, 2.24) is 0 Å². The molecule has 0 heterocycles. The quantitative estimate of drug-likeness (QED) is 0.0316. The second-order valence-corrected chi connectivity index (χ2v) is 20.3. The molecule has 0 spiro atoms. The van der Waals surface area contributed by atoms with Gasteiger partial charge in [0.15, 0.2) is 0 Å². The molecule has 0 aromatic rings. The highest BCUT2D eigenvalue weighted by atomic mass is 16.5. The van der Waals surface area contributed by atoms with E-state index in [2.05, 4.69) is 96.2 Å². The maximum atomic E-state index is 12.6. The van der Waals surface area contributed by atoms with Gasteiger partial charge < -0.3 is 14.6 Å². The number of carbonyl (C=O) groups excluding carboxylic acids is 2. The zero-order valence-corrected chi connectivity index (χ0v) is 41.4. The SMILES string of the molecule is CCCCC/C=C\C/C=C\CCCCCCCC.CCCCC/C=C\C/C=C\CCCCCCCC(=O)OCC1=CCC2C3(C)CCCC(C)(C)C3CCC2(COC=O)C(O)C1. The average Bonchev–Trinajstić information content (AvgIpc) is 3.39. The highest BCUT2D eigenvalue weighted by molar-refractivity contribution is 5.69. The molecular weight excluding hydrogens is 765 g/mol. The number of hydrogen-bond donors (Lipinski definition) is 1. The molecule has 0 aromatic carbocycles. The molecule has 5 nitrogen and oxygen atoms in total. The summed E-state index contributed by atoms with van der Waals surface area (Å²) in [6, 6.07) is 0. The summed E-state index contributed by atoms with van der Waals surface area (Å²) in [5.74, 6) is 0.666. The summed E-state index contributed by atoms with van der Waals surface area (Å²) >= 11 is 0. The predicted octanol–water partition coefficient (Wildman–Crippen LogP) is 16.6. The third kappa shape index (κ3) is 21.5. The highest BCUT2D eigenvalue weighted by Gasteiger charge is 2.62. The van der Waals surface area contributed by atoms with Crippen molar-refractivity contribution >= 4 is 12.4 Å². The van der Waals surface area contributed by atoms with Crippen molar-refractivity contribution in [1.29, 1.82) is 0 Å². The van der Waals surface area contributed by atoms with Gasteiger partial charge in [0.2, 0.25) is 0 Å². The van der Waals surface area contributed by atoms with E-state index >= 15 is 0 Å². The van der Waals surface area contributed by atoms with Crippen LogP contribution < -0.4 is 0 Å². The van der Waals surface area contributed by atoms with Gasteiger partial charge in [-0.1, -0.05) is 180 Å². The van der Waals surface area contributed by atoms with Crippen LogP contribution in [0.1, 0.15) is 241 Å². The zero-order valence-electron chi connectivity index (χ0n) is 41.4. The number of ether oxygens (including phenoxy) is 2. The second-order valence-electron chi connectivity index (χ2n) is 20.3. The van der Waals surface area contributed by atoms with Crippen molar-refractivity contribution in [3.8, 4) is 0 Å². The Kier molecular flexibility index (Phi) is 30.6. The molecular formula is C57H98O5. The fraction of sp³-hybridized carbons (Fsp3) is 0.789. The van der Waals surface area contributed by atoms with Crippen molar-refractivity contribution in [3.63, 3.8) is 0 Å². The van der Waals surface area contributed by atoms with Crippen LogP contribution in [0.25, 0.3) is 0 Å². The lowest BCUT2D eigenvalue weighted by Crippen LogP contribution is -2.60. The third-order valence-corrected chi connectivity index (χ3v) is 14.9. The van der Waals surface area contributed by atoms with E-state index in [0.29, 0.717) is 25.2 Å². The number of unbranched alkanes of at least 4 members (excludes halogenated alkanes) is 17. The standard InChI is InChI=1S/C39H64O5.C18H34/c1-5-6-7-8-9-10-11-12-13-14-15-16-17-18-19-21-36(42)44-29-32-22-23-34-38(4)26-20-25-37(2,3)33(38)24-27-39(34,30-43-31-40)35(41)28-32;1-3-5-7-9-11-13-15-17-18-16-14-12-10-8-6-4-2/h9-10,12-13,22,31,33-35,41H,5-8,11,14-21,23-30H2,1-4H3;11,13,17-18H,3-10,12,14-16H2,1-2H3/b10-9-,13-12-;13-11-,18-17-. The number of carbonyl (C=O) groups is 2. The number of hydrogen-bond acceptors (Lipinski definition) is 5. The lowest BCUT2D eigenvalue weighted by molar-refractivity contribution is -0.188. The topological polar surface area (TPSA) is 72.8 Å². The van der Waals surface area contributed by atoms with Gasteiger partial charge in [-0.2, -0.15) is 0 Å². The summed E-state index contributed by atoms with van der Waals surface area (Å²) in [7, 11) is 0. The average molecular weight is 863 g/mol. The van der Waals surface area contributed by atoms with Gasteiger partial charge >= 0.3 is 5.97 Å². The maximum absolute atomic E-state index is 12.6. The van der Waals surface area contributed by atoms with Crippen molar-refractivity contribution in [3.05, 3.63) is 60.3 Å². The van der Waals surface area contributed by atoms with Gasteiger partial charge in [-0.25, -0.2) is 0 Å². The summed E-state index contributed by atoms with van der Waals surface area (Å²) in [6.07, 6.45) is 56.3. The predicted molar refractivity (Wildman–Crippen MR) is 265 cm³/mol. The van der Waals surface area contributed by atoms with E-state index in [0.717, 1.165) is 69.8 Å². The Morgan fingerprint density at radius 1 is 0.661 bits per heavy atom. The van der Waals surface area contributed by atoms with Crippen LogP contribution in [0.5, 0.6) is 0 Å². The van der Waals surface area contributed by atoms with Gasteiger partial charge in [0.1, 0.15) is 6.61 Å². The number of fused-ring (bicyclic) bond motifs is 3. The van der Waals surface area contributed by atoms with Crippen molar-refractivity contribution in [2.45, 2.75) is 247 Å². The number of rotatable bonds is 32. The molecule has 3 rings (SSSR count). The first-order valence-electron chi connectivity index (χ1n) is 26.3. The molecule has 5 heteroatoms. The van der Waals surface area contributed by atoms with Crippen LogP contribution in [-0.4, -0.2) is 36.9 Å². The normalized spacial score (nSPS) is 24.7. The van der Waals surface area contributed by atoms with Gasteiger partial charge in [-0.3, -0.25) is 9.59 Å². The van der Waals surface area contributed by atoms with E-state index in [-0.39, 0.29) is 35.9 Å². The molecule has 0 amide bonds. The molecule has 0 bridgehead atoms. The van der Waals surface area contributed by atoms with Gasteiger partial charge in [0, 0.05) is 11.8 Å². The third-order valence-electron chi connectivity index (χ3n) is 14.9. The number of esters is 1. The van der Waals surface area contributed by atoms with E-state index in [9.17, 15) is 14.7 Å². The van der Waals surface area contributed by atoms with Crippen LogP contribution in [0.4, 0.5) is 0 Å². The first kappa shape index (κ1) is 55.7. The smallest absolute Gasteiger partial charge is 0.306 e. The molecule has 0 saturated heterocycles. The van der Waals surface area contributed by atoms with Crippen molar-refractivity contribution < 1.29 is 24.2 Å². The summed E-state index contributed by atoms with van der Waals surface area (Å²) in [4.78, 5) is 23.9. The summed E-state index contributed by atoms with van der Waals surface area (Å²) in [5.41, 5.74) is 0.895. The van der Waals surface area contributed by atoms with E-state index in [1.807, 2.05) is 0 Å². The maximum Gasteiger partial charge on any atom is 0.306 e. The Labute approximate surface area is 383 Å². The minimum absolute atomic E-state index is 0.0804. The Morgan fingerprint density at radius 2 is 1.16 bits per heavy atom. The fourth-order valence-corrected chi connectivity index (χ4v) is 11.2. The van der Waals surface area contributed by atoms with E-state index in [1.54, 1.807) is 0 Å². The Bertz CT molecular complexity index is 1310. The van der Waals surface area contributed by atoms with Crippen molar-refractivity contribution in [2.24, 2.45) is 28.1 Å². The van der Waals surface area contributed by atoms with Gasteiger partial charge in [0.05, 0.1) is 12.7 Å². The van der Waals surface area contributed by atoms with E-state index < -0.39 is 11.5 Å². The molecule has 3 aliphatic carbocycles. The first-order chi connectivity index (χ1) is 30.1. The highest BCUT2D eigenvalue weighted by Crippen LogP contribution is 2.66. The Balaban J connectivity index is 0.000000618. The minimum Gasteiger partial charge on any atom is -0.467 e. The zero-order chi connectivity index (χ0) is 45.2. The molecule has 0 radical (unpaired) electrons. The molecule has 5 atom stereocenters. The number of allylic oxidation sites excluding steroid dienone is 9. The van der Waals surface area contributed by atoms with Crippen LogP contribution >= 0.6 is 0 Å². The van der Waals surface area contributed by atoms with Gasteiger partial charge in [-0.15, -0.1) is 0 Å². The van der Waals surface area contributed by atoms with Crippen LogP contribution in [0.15, 0.2) is 60.3 Å². The van der Waals surface area contributed by atoms with E-state index in [1.165, 1.54) is 122 Å². The number of aliphatic hydroxyl groups excluding tert-OH is 1. The van der Waals surface area contributed by atoms with Crippen LogP contribution in [0, 0.1) is 28.1 Å². The lowest BCUT2D eigenvalue weighted by atomic mass is 9.42. The molecule has 3 aliphatic rings. The molecule has 5 unspecified atom stereocenters. The van der Waals surface area contributed by atoms with E-state index in [4.69, 9.17) is 9.47 Å². The van der Waals surface area contributed by atoms with Crippen LogP contribution in [-0.2, 0) is 19.1 Å². The Morgan fingerprint density at radius 3 is 1.71 bits per heavy atom. The van der Waals surface area contributed by atoms with Gasteiger partial charge in [0.25, 0.3) is 6.47 Å². The molecule has 0 aromatic heterocycles. The molecule has 2 saturated carbocycles. The molecule has 356 valence electrons. The molecule has 0 aliphatic heterocycles.